The quantitative estimate of drug-likeness (QED) is 0.836. The first-order valence-electron chi connectivity index (χ1n) is 7.35. The minimum atomic E-state index is -0.220. The van der Waals surface area contributed by atoms with Gasteiger partial charge in [-0.25, -0.2) is 4.39 Å². The van der Waals surface area contributed by atoms with Gasteiger partial charge in [0.2, 0.25) is 0 Å². The van der Waals surface area contributed by atoms with Crippen molar-refractivity contribution in [3.05, 3.63) is 29.6 Å². The molecule has 0 aliphatic heterocycles. The normalized spacial score (nSPS) is 15.8. The predicted octanol–water partition coefficient (Wildman–Crippen LogP) is 3.86. The summed E-state index contributed by atoms with van der Waals surface area (Å²) < 4.78 is 14.4. The minimum Gasteiger partial charge on any atom is -0.389 e. The Morgan fingerprint density at radius 2 is 2.05 bits per heavy atom. The lowest BCUT2D eigenvalue weighted by Gasteiger charge is -2.33. The molecule has 0 amide bonds. The van der Waals surface area contributed by atoms with Gasteiger partial charge in [0.1, 0.15) is 10.8 Å². The summed E-state index contributed by atoms with van der Waals surface area (Å²) in [4.78, 5) is 2.47. The summed E-state index contributed by atoms with van der Waals surface area (Å²) in [7, 11) is 0. The SMILES string of the molecule is CC(C)CN(c1ccc(C(N)=S)cc1F)C1CCCC1. The maximum Gasteiger partial charge on any atom is 0.147 e. The van der Waals surface area contributed by atoms with Crippen LogP contribution in [0.1, 0.15) is 45.1 Å². The summed E-state index contributed by atoms with van der Waals surface area (Å²) in [6, 6.07) is 5.57. The maximum absolute atomic E-state index is 14.4. The Morgan fingerprint density at radius 1 is 1.40 bits per heavy atom. The number of thiocarbonyl (C=S) groups is 1. The van der Waals surface area contributed by atoms with Crippen molar-refractivity contribution in [1.82, 2.24) is 0 Å². The van der Waals surface area contributed by atoms with Gasteiger partial charge in [0.05, 0.1) is 5.69 Å². The minimum absolute atomic E-state index is 0.220. The number of nitrogens with zero attached hydrogens (tertiary/aromatic N) is 1. The third-order valence-electron chi connectivity index (χ3n) is 3.87. The van der Waals surface area contributed by atoms with E-state index in [1.54, 1.807) is 0 Å². The third kappa shape index (κ3) is 3.48. The smallest absolute Gasteiger partial charge is 0.147 e. The van der Waals surface area contributed by atoms with Crippen molar-refractivity contribution in [1.29, 1.82) is 0 Å². The number of halogens is 1. The van der Waals surface area contributed by atoms with Gasteiger partial charge in [-0.05, 0) is 37.0 Å². The molecule has 1 aromatic rings. The van der Waals surface area contributed by atoms with E-state index in [0.717, 1.165) is 19.4 Å². The van der Waals surface area contributed by atoms with E-state index >= 15 is 0 Å². The second-order valence-corrected chi connectivity index (χ2v) is 6.45. The molecule has 1 fully saturated rings. The monoisotopic (exact) mass is 294 g/mol. The highest BCUT2D eigenvalue weighted by atomic mass is 32.1. The fourth-order valence-corrected chi connectivity index (χ4v) is 3.07. The number of rotatable bonds is 5. The van der Waals surface area contributed by atoms with Gasteiger partial charge in [0.15, 0.2) is 0 Å². The molecule has 2 rings (SSSR count). The van der Waals surface area contributed by atoms with Crippen molar-refractivity contribution < 1.29 is 4.39 Å². The van der Waals surface area contributed by atoms with Crippen LogP contribution in [0.4, 0.5) is 10.1 Å². The van der Waals surface area contributed by atoms with Crippen LogP contribution < -0.4 is 10.6 Å². The van der Waals surface area contributed by atoms with Crippen molar-refractivity contribution in [2.75, 3.05) is 11.4 Å². The molecule has 0 spiro atoms. The van der Waals surface area contributed by atoms with Crippen LogP contribution in [0, 0.1) is 11.7 Å². The first-order valence-corrected chi connectivity index (χ1v) is 7.76. The van der Waals surface area contributed by atoms with Crippen molar-refractivity contribution in [2.24, 2.45) is 11.7 Å². The van der Waals surface area contributed by atoms with E-state index in [2.05, 4.69) is 18.7 Å². The Bertz CT molecular complexity index is 481. The van der Waals surface area contributed by atoms with Gasteiger partial charge in [-0.2, -0.15) is 0 Å². The average Bonchev–Trinajstić information content (AvgIpc) is 2.89. The molecule has 4 heteroatoms. The molecule has 0 bridgehead atoms. The molecule has 20 heavy (non-hydrogen) atoms. The van der Waals surface area contributed by atoms with E-state index in [-0.39, 0.29) is 10.8 Å². The largest absolute Gasteiger partial charge is 0.389 e. The van der Waals surface area contributed by atoms with Gasteiger partial charge in [-0.15, -0.1) is 0 Å². The molecule has 1 aromatic carbocycles. The van der Waals surface area contributed by atoms with Crippen LogP contribution in [0.15, 0.2) is 18.2 Å². The van der Waals surface area contributed by atoms with Gasteiger partial charge in [0, 0.05) is 18.2 Å². The maximum atomic E-state index is 14.4. The Morgan fingerprint density at radius 3 is 2.55 bits per heavy atom. The summed E-state index contributed by atoms with van der Waals surface area (Å²) in [5, 5.41) is 0. The molecule has 0 heterocycles. The molecule has 1 aliphatic carbocycles. The van der Waals surface area contributed by atoms with E-state index in [1.165, 1.54) is 18.9 Å². The van der Waals surface area contributed by atoms with Gasteiger partial charge in [0.25, 0.3) is 0 Å². The zero-order chi connectivity index (χ0) is 14.7. The second-order valence-electron chi connectivity index (χ2n) is 6.01. The Hall–Kier alpha value is -1.16. The molecule has 0 unspecified atom stereocenters. The lowest BCUT2D eigenvalue weighted by Crippen LogP contribution is -2.37. The molecule has 1 saturated carbocycles. The molecule has 110 valence electrons. The van der Waals surface area contributed by atoms with E-state index in [0.29, 0.717) is 23.2 Å². The van der Waals surface area contributed by atoms with Gasteiger partial charge < -0.3 is 10.6 Å². The fraction of sp³-hybridized carbons (Fsp3) is 0.562. The van der Waals surface area contributed by atoms with Gasteiger partial charge >= 0.3 is 0 Å². The lowest BCUT2D eigenvalue weighted by molar-refractivity contribution is 0.520. The van der Waals surface area contributed by atoms with E-state index < -0.39 is 0 Å². The highest BCUT2D eigenvalue weighted by Gasteiger charge is 2.25. The molecule has 2 nitrogen and oxygen atoms in total. The zero-order valence-electron chi connectivity index (χ0n) is 12.2. The molecule has 0 saturated heterocycles. The van der Waals surface area contributed by atoms with Gasteiger partial charge in [-0.1, -0.05) is 38.9 Å². The van der Waals surface area contributed by atoms with Crippen molar-refractivity contribution in [2.45, 2.75) is 45.6 Å². The van der Waals surface area contributed by atoms with Crippen LogP contribution in [0.2, 0.25) is 0 Å². The lowest BCUT2D eigenvalue weighted by atomic mass is 10.1. The number of anilines is 1. The van der Waals surface area contributed by atoms with E-state index in [4.69, 9.17) is 18.0 Å². The Balaban J connectivity index is 2.30. The summed E-state index contributed by atoms with van der Waals surface area (Å²) in [6.07, 6.45) is 4.80. The molecular formula is C16H23FN2S. The van der Waals surface area contributed by atoms with Crippen LogP contribution >= 0.6 is 12.2 Å². The Labute approximate surface area is 126 Å². The summed E-state index contributed by atoms with van der Waals surface area (Å²) >= 11 is 4.91. The molecular weight excluding hydrogens is 271 g/mol. The standard InChI is InChI=1S/C16H23FN2S/c1-11(2)10-19(13-5-3-4-6-13)15-8-7-12(16(18)20)9-14(15)17/h7-9,11,13H,3-6,10H2,1-2H3,(H2,18,20). The summed E-state index contributed by atoms with van der Waals surface area (Å²) in [5.41, 5.74) is 6.84. The summed E-state index contributed by atoms with van der Waals surface area (Å²) in [5.74, 6) is 0.285. The molecule has 0 aromatic heterocycles. The van der Waals surface area contributed by atoms with Crippen LogP contribution in [0.3, 0.4) is 0 Å². The molecule has 2 N–H and O–H groups in total. The van der Waals surface area contributed by atoms with Crippen LogP contribution in [0.25, 0.3) is 0 Å². The van der Waals surface area contributed by atoms with Crippen LogP contribution in [-0.2, 0) is 0 Å². The fourth-order valence-electron chi connectivity index (χ4n) is 2.95. The third-order valence-corrected chi connectivity index (χ3v) is 4.10. The highest BCUT2D eigenvalue weighted by molar-refractivity contribution is 7.80. The predicted molar refractivity (Wildman–Crippen MR) is 86.7 cm³/mol. The van der Waals surface area contributed by atoms with Crippen molar-refractivity contribution >= 4 is 22.9 Å². The average molecular weight is 294 g/mol. The molecule has 0 radical (unpaired) electrons. The van der Waals surface area contributed by atoms with Crippen molar-refractivity contribution in [3.8, 4) is 0 Å². The zero-order valence-corrected chi connectivity index (χ0v) is 13.0. The van der Waals surface area contributed by atoms with Gasteiger partial charge in [-0.3, -0.25) is 0 Å². The topological polar surface area (TPSA) is 29.3 Å². The van der Waals surface area contributed by atoms with Crippen LogP contribution in [0.5, 0.6) is 0 Å². The number of hydrogen-bond acceptors (Lipinski definition) is 2. The van der Waals surface area contributed by atoms with E-state index in [9.17, 15) is 4.39 Å². The first kappa shape index (κ1) is 15.2. The highest BCUT2D eigenvalue weighted by Crippen LogP contribution is 2.31. The summed E-state index contributed by atoms with van der Waals surface area (Å²) in [6.45, 7) is 5.22. The van der Waals surface area contributed by atoms with E-state index in [1.807, 2.05) is 12.1 Å². The first-order chi connectivity index (χ1) is 9.49. The van der Waals surface area contributed by atoms with Crippen molar-refractivity contribution in [3.63, 3.8) is 0 Å². The number of benzene rings is 1. The second kappa shape index (κ2) is 6.53. The molecule has 0 atom stereocenters. The molecule has 1 aliphatic rings. The Kier molecular flexibility index (Phi) is 4.97. The van der Waals surface area contributed by atoms with Crippen LogP contribution in [-0.4, -0.2) is 17.6 Å². The number of nitrogens with two attached hydrogens (primary N) is 1. The number of hydrogen-bond donors (Lipinski definition) is 1.